The molecular formula is C19H25IN4O4. The average Bonchev–Trinajstić information content (AvgIpc) is 3.24. The molecular weight excluding hydrogens is 475 g/mol. The predicted molar refractivity (Wildman–Crippen MR) is 117 cm³/mol. The number of benzene rings is 1. The smallest absolute Gasteiger partial charge is 0.287 e. The van der Waals surface area contributed by atoms with Gasteiger partial charge in [-0.2, -0.15) is 0 Å². The van der Waals surface area contributed by atoms with Crippen molar-refractivity contribution in [2.75, 3.05) is 32.8 Å². The number of hydrogen-bond donors (Lipinski definition) is 3. The van der Waals surface area contributed by atoms with E-state index >= 15 is 0 Å². The zero-order valence-corrected chi connectivity index (χ0v) is 18.0. The van der Waals surface area contributed by atoms with Crippen molar-refractivity contribution >= 4 is 35.8 Å². The molecule has 1 aliphatic heterocycles. The van der Waals surface area contributed by atoms with Crippen molar-refractivity contribution in [1.82, 2.24) is 16.0 Å². The molecule has 1 unspecified atom stereocenters. The van der Waals surface area contributed by atoms with Gasteiger partial charge in [-0.25, -0.2) is 4.99 Å². The number of nitrogens with one attached hydrogen (secondary N) is 3. The summed E-state index contributed by atoms with van der Waals surface area (Å²) in [5.74, 6) is 2.21. The van der Waals surface area contributed by atoms with Crippen LogP contribution in [0.3, 0.4) is 0 Å². The van der Waals surface area contributed by atoms with Gasteiger partial charge in [0.25, 0.3) is 5.91 Å². The number of rotatable bonds is 7. The van der Waals surface area contributed by atoms with Crippen LogP contribution in [0.25, 0.3) is 0 Å². The Labute approximate surface area is 181 Å². The first-order valence-electron chi connectivity index (χ1n) is 8.98. The van der Waals surface area contributed by atoms with E-state index in [-0.39, 0.29) is 36.0 Å². The minimum atomic E-state index is -0.241. The highest BCUT2D eigenvalue weighted by Gasteiger charge is 2.20. The van der Waals surface area contributed by atoms with Gasteiger partial charge in [0.05, 0.1) is 12.8 Å². The number of aliphatic imine (C=N–C) groups is 1. The van der Waals surface area contributed by atoms with Crippen molar-refractivity contribution in [3.8, 4) is 11.5 Å². The molecule has 8 nitrogen and oxygen atoms in total. The van der Waals surface area contributed by atoms with Crippen molar-refractivity contribution in [2.24, 2.45) is 4.99 Å². The number of furan rings is 1. The summed E-state index contributed by atoms with van der Waals surface area (Å²) in [5, 5.41) is 9.12. The van der Waals surface area contributed by atoms with Crippen LogP contribution >= 0.6 is 24.0 Å². The van der Waals surface area contributed by atoms with E-state index in [1.54, 1.807) is 12.1 Å². The SMILES string of the molecule is CCNC(=NCC1COc2ccccc2O1)NCCNC(=O)c1ccco1.I. The summed E-state index contributed by atoms with van der Waals surface area (Å²) in [6.45, 7) is 4.62. The lowest BCUT2D eigenvalue weighted by atomic mass is 10.2. The maximum atomic E-state index is 11.8. The topological polar surface area (TPSA) is 97.1 Å². The molecule has 1 aromatic carbocycles. The zero-order valence-electron chi connectivity index (χ0n) is 15.6. The molecule has 0 spiro atoms. The lowest BCUT2D eigenvalue weighted by molar-refractivity contribution is 0.0926. The van der Waals surface area contributed by atoms with Crippen molar-refractivity contribution < 1.29 is 18.7 Å². The number of carbonyl (C=O) groups is 1. The Morgan fingerprint density at radius 1 is 1.11 bits per heavy atom. The molecule has 3 rings (SSSR count). The van der Waals surface area contributed by atoms with E-state index in [0.29, 0.717) is 38.0 Å². The molecule has 1 amide bonds. The highest BCUT2D eigenvalue weighted by atomic mass is 127. The van der Waals surface area contributed by atoms with E-state index < -0.39 is 0 Å². The van der Waals surface area contributed by atoms with Crippen LogP contribution in [0.1, 0.15) is 17.5 Å². The number of carbonyl (C=O) groups excluding carboxylic acids is 1. The Morgan fingerprint density at radius 2 is 1.89 bits per heavy atom. The number of halogens is 1. The van der Waals surface area contributed by atoms with Crippen LogP contribution in [0.15, 0.2) is 52.1 Å². The summed E-state index contributed by atoms with van der Waals surface area (Å²) in [6.07, 6.45) is 1.33. The third-order valence-corrected chi connectivity index (χ3v) is 3.81. The Hall–Kier alpha value is -2.43. The number of hydrogen-bond acceptors (Lipinski definition) is 5. The van der Waals surface area contributed by atoms with E-state index in [1.807, 2.05) is 31.2 Å². The normalized spacial score (nSPS) is 15.3. The predicted octanol–water partition coefficient (Wildman–Crippen LogP) is 2.02. The Bertz CT molecular complexity index is 767. The average molecular weight is 500 g/mol. The van der Waals surface area contributed by atoms with Gasteiger partial charge in [0.15, 0.2) is 29.3 Å². The molecule has 2 aromatic rings. The third-order valence-electron chi connectivity index (χ3n) is 3.81. The van der Waals surface area contributed by atoms with Crippen LogP contribution < -0.4 is 25.4 Å². The monoisotopic (exact) mass is 500 g/mol. The molecule has 0 radical (unpaired) electrons. The molecule has 0 fully saturated rings. The van der Waals surface area contributed by atoms with Crippen LogP contribution in [0.2, 0.25) is 0 Å². The summed E-state index contributed by atoms with van der Waals surface area (Å²) < 4.78 is 16.6. The standard InChI is InChI=1S/C19H24N4O4.HI/c1-2-20-19(22-10-9-21-18(24)17-8-5-11-25-17)23-12-14-13-26-15-6-3-4-7-16(15)27-14;/h3-8,11,14H,2,9-10,12-13H2,1H3,(H,21,24)(H2,20,22,23);1H. The third kappa shape index (κ3) is 6.32. The summed E-state index contributed by atoms with van der Waals surface area (Å²) in [5.41, 5.74) is 0. The second-order valence-electron chi connectivity index (χ2n) is 5.88. The molecule has 1 aliphatic rings. The van der Waals surface area contributed by atoms with Gasteiger partial charge in [-0.1, -0.05) is 12.1 Å². The second kappa shape index (κ2) is 11.4. The molecule has 0 saturated heterocycles. The van der Waals surface area contributed by atoms with Gasteiger partial charge in [0.2, 0.25) is 0 Å². The van der Waals surface area contributed by atoms with Crippen molar-refractivity contribution in [2.45, 2.75) is 13.0 Å². The van der Waals surface area contributed by atoms with E-state index in [2.05, 4.69) is 20.9 Å². The fourth-order valence-corrected chi connectivity index (χ4v) is 2.54. The number of nitrogens with zero attached hydrogens (tertiary/aromatic N) is 1. The van der Waals surface area contributed by atoms with Gasteiger partial charge in [0.1, 0.15) is 6.61 Å². The maximum absolute atomic E-state index is 11.8. The van der Waals surface area contributed by atoms with E-state index in [1.165, 1.54) is 6.26 Å². The van der Waals surface area contributed by atoms with Crippen LogP contribution in [-0.2, 0) is 0 Å². The van der Waals surface area contributed by atoms with Crippen molar-refractivity contribution in [3.63, 3.8) is 0 Å². The number of guanidine groups is 1. The molecule has 3 N–H and O–H groups in total. The largest absolute Gasteiger partial charge is 0.486 e. The van der Waals surface area contributed by atoms with E-state index in [0.717, 1.165) is 18.0 Å². The molecule has 1 atom stereocenters. The van der Waals surface area contributed by atoms with E-state index in [9.17, 15) is 4.79 Å². The van der Waals surface area contributed by atoms with E-state index in [4.69, 9.17) is 13.9 Å². The van der Waals surface area contributed by atoms with Gasteiger partial charge in [-0.3, -0.25) is 4.79 Å². The van der Waals surface area contributed by atoms with Gasteiger partial charge in [-0.15, -0.1) is 24.0 Å². The lowest BCUT2D eigenvalue weighted by Crippen LogP contribution is -2.42. The summed E-state index contributed by atoms with van der Waals surface area (Å²) in [6, 6.07) is 10.9. The van der Waals surface area contributed by atoms with Crippen LogP contribution in [-0.4, -0.2) is 50.8 Å². The molecule has 1 aromatic heterocycles. The quantitative estimate of drug-likeness (QED) is 0.233. The minimum absolute atomic E-state index is 0. The first-order valence-corrected chi connectivity index (χ1v) is 8.98. The summed E-state index contributed by atoms with van der Waals surface area (Å²) in [4.78, 5) is 16.3. The Morgan fingerprint density at radius 3 is 2.64 bits per heavy atom. The van der Waals surface area contributed by atoms with Gasteiger partial charge in [-0.05, 0) is 31.2 Å². The molecule has 0 bridgehead atoms. The van der Waals surface area contributed by atoms with Crippen molar-refractivity contribution in [1.29, 1.82) is 0 Å². The van der Waals surface area contributed by atoms with Crippen LogP contribution in [0.4, 0.5) is 0 Å². The Kier molecular flexibility index (Phi) is 8.92. The van der Waals surface area contributed by atoms with Gasteiger partial charge < -0.3 is 29.8 Å². The van der Waals surface area contributed by atoms with Crippen molar-refractivity contribution in [3.05, 3.63) is 48.4 Å². The first kappa shape index (κ1) is 21.9. The number of para-hydroxylation sites is 2. The number of amides is 1. The van der Waals surface area contributed by atoms with Gasteiger partial charge >= 0.3 is 0 Å². The second-order valence-corrected chi connectivity index (χ2v) is 5.88. The minimum Gasteiger partial charge on any atom is -0.486 e. The molecule has 28 heavy (non-hydrogen) atoms. The highest BCUT2D eigenvalue weighted by Crippen LogP contribution is 2.30. The molecule has 152 valence electrons. The van der Waals surface area contributed by atoms with Crippen LogP contribution in [0, 0.1) is 0 Å². The summed E-state index contributed by atoms with van der Waals surface area (Å²) >= 11 is 0. The molecule has 0 aliphatic carbocycles. The molecule has 9 heteroatoms. The maximum Gasteiger partial charge on any atom is 0.287 e. The molecule has 0 saturated carbocycles. The fourth-order valence-electron chi connectivity index (χ4n) is 2.54. The van der Waals surface area contributed by atoms with Gasteiger partial charge in [0, 0.05) is 19.6 Å². The molecule has 2 heterocycles. The lowest BCUT2D eigenvalue weighted by Gasteiger charge is -2.25. The first-order chi connectivity index (χ1) is 13.3. The number of fused-ring (bicyclic) bond motifs is 1. The number of ether oxygens (including phenoxy) is 2. The fraction of sp³-hybridized carbons (Fsp3) is 0.368. The zero-order chi connectivity index (χ0) is 18.9. The van der Waals surface area contributed by atoms with Crippen LogP contribution in [0.5, 0.6) is 11.5 Å². The summed E-state index contributed by atoms with van der Waals surface area (Å²) in [7, 11) is 0. The Balaban J connectivity index is 0.00000280. The highest BCUT2D eigenvalue weighted by molar-refractivity contribution is 14.0.